The van der Waals surface area contributed by atoms with Crippen molar-refractivity contribution in [1.82, 2.24) is 9.80 Å². The topological polar surface area (TPSA) is 110 Å². The third-order valence-corrected chi connectivity index (χ3v) is 9.99. The number of nitrogens with zero attached hydrogens (tertiary/aromatic N) is 2. The molecule has 0 radical (unpaired) electrons. The average Bonchev–Trinajstić information content (AvgIpc) is 3.49. The summed E-state index contributed by atoms with van der Waals surface area (Å²) in [5, 5.41) is 0. The molecular weight excluding hydrogens is 627 g/mol. The second-order valence-corrected chi connectivity index (χ2v) is 13.8. The number of imide groups is 2. The van der Waals surface area contributed by atoms with Crippen molar-refractivity contribution in [3.05, 3.63) is 70.8 Å². The van der Waals surface area contributed by atoms with E-state index in [1.54, 1.807) is 48.5 Å². The van der Waals surface area contributed by atoms with Gasteiger partial charge in [0.1, 0.15) is 13.2 Å². The summed E-state index contributed by atoms with van der Waals surface area (Å²) in [5.74, 6) is -0.665. The maximum atomic E-state index is 12.4. The lowest BCUT2D eigenvalue weighted by atomic mass is 10.1. The van der Waals surface area contributed by atoms with Crippen LogP contribution in [-0.4, -0.2) is 59.7 Å². The number of carbonyl (C=O) groups excluding carboxylic acids is 4. The average molecular weight is 680 g/mol. The van der Waals surface area contributed by atoms with Crippen LogP contribution in [0.4, 0.5) is 0 Å². The van der Waals surface area contributed by atoms with E-state index in [1.165, 1.54) is 35.5 Å². The van der Waals surface area contributed by atoms with Crippen molar-refractivity contribution >= 4 is 31.9 Å². The van der Waals surface area contributed by atoms with Crippen LogP contribution >= 0.6 is 8.25 Å². The summed E-state index contributed by atoms with van der Waals surface area (Å²) in [4.78, 5) is 52.4. The van der Waals surface area contributed by atoms with Gasteiger partial charge in [0.15, 0.2) is 0 Å². The molecule has 0 bridgehead atoms. The molecule has 4 rings (SSSR count). The fourth-order valence-corrected chi connectivity index (χ4v) is 7.05. The molecule has 0 saturated carbocycles. The number of hydrogen-bond acceptors (Lipinski definition) is 7. The third-order valence-electron chi connectivity index (χ3n) is 9.20. The third kappa shape index (κ3) is 11.4. The van der Waals surface area contributed by atoms with E-state index in [0.29, 0.717) is 48.6 Å². The fourth-order valence-electron chi connectivity index (χ4n) is 6.42. The van der Waals surface area contributed by atoms with E-state index in [4.69, 9.17) is 9.05 Å². The van der Waals surface area contributed by atoms with Crippen LogP contribution in [-0.2, 0) is 13.6 Å². The van der Waals surface area contributed by atoms with Gasteiger partial charge < -0.3 is 0 Å². The fraction of sp³-hybridized carbons (Fsp3) is 0.579. The Morgan fingerprint density at radius 2 is 0.646 bits per heavy atom. The molecule has 9 nitrogen and oxygen atoms in total. The van der Waals surface area contributed by atoms with E-state index >= 15 is 0 Å². The summed E-state index contributed by atoms with van der Waals surface area (Å²) < 4.78 is 22.6. The van der Waals surface area contributed by atoms with Crippen molar-refractivity contribution in [2.24, 2.45) is 0 Å². The summed E-state index contributed by atoms with van der Waals surface area (Å²) >= 11 is 0. The standard InChI is InChI=1S/C38H52N2O7P/c41-35-31-23-15-16-24-32(31)36(42)39(35)27-19-11-7-3-1-5-9-13-21-29-46-48(45)47-30-22-14-10-6-2-4-8-12-20-28-40-37(43)33-25-17-18-26-34(33)38(40)44/h15-18,23-26H,1-14,19-22,27-30H2/q+1. The number of amides is 4. The van der Waals surface area contributed by atoms with Gasteiger partial charge in [0.25, 0.3) is 23.6 Å². The Morgan fingerprint density at radius 1 is 0.396 bits per heavy atom. The first-order valence-corrected chi connectivity index (χ1v) is 19.2. The number of unbranched alkanes of at least 4 members (excludes halogenated alkanes) is 16. The molecule has 4 amide bonds. The molecule has 0 N–H and O–H groups in total. The van der Waals surface area contributed by atoms with Crippen molar-refractivity contribution in [1.29, 1.82) is 0 Å². The van der Waals surface area contributed by atoms with Gasteiger partial charge in [-0.1, -0.05) is 114 Å². The minimum atomic E-state index is -2.04. The monoisotopic (exact) mass is 679 g/mol. The first-order valence-electron chi connectivity index (χ1n) is 18.1. The Hall–Kier alpha value is -3.26. The Labute approximate surface area is 286 Å². The highest BCUT2D eigenvalue weighted by molar-refractivity contribution is 7.33. The molecule has 48 heavy (non-hydrogen) atoms. The molecule has 0 aromatic heterocycles. The minimum absolute atomic E-state index is 0.166. The summed E-state index contributed by atoms with van der Waals surface area (Å²) in [5.41, 5.74) is 2.09. The van der Waals surface area contributed by atoms with Gasteiger partial charge in [-0.15, -0.1) is 9.05 Å². The lowest BCUT2D eigenvalue weighted by Gasteiger charge is -2.13. The molecule has 260 valence electrons. The van der Waals surface area contributed by atoms with Gasteiger partial charge >= 0.3 is 8.25 Å². The van der Waals surface area contributed by atoms with Crippen LogP contribution in [0.5, 0.6) is 0 Å². The molecule has 0 fully saturated rings. The van der Waals surface area contributed by atoms with Crippen molar-refractivity contribution in [2.45, 2.75) is 116 Å². The summed E-state index contributed by atoms with van der Waals surface area (Å²) in [7, 11) is -2.04. The van der Waals surface area contributed by atoms with E-state index in [2.05, 4.69) is 0 Å². The molecule has 0 aliphatic carbocycles. The lowest BCUT2D eigenvalue weighted by Crippen LogP contribution is -2.30. The van der Waals surface area contributed by atoms with Gasteiger partial charge in [-0.05, 0) is 49.9 Å². The predicted molar refractivity (Wildman–Crippen MR) is 186 cm³/mol. The zero-order chi connectivity index (χ0) is 34.0. The molecule has 2 aromatic rings. The van der Waals surface area contributed by atoms with E-state index in [1.807, 2.05) is 0 Å². The van der Waals surface area contributed by atoms with Gasteiger partial charge in [-0.3, -0.25) is 29.0 Å². The zero-order valence-electron chi connectivity index (χ0n) is 28.4. The van der Waals surface area contributed by atoms with Crippen LogP contribution in [0, 0.1) is 0 Å². The van der Waals surface area contributed by atoms with Crippen LogP contribution < -0.4 is 0 Å². The molecule has 2 aromatic carbocycles. The molecule has 2 heterocycles. The van der Waals surface area contributed by atoms with Crippen LogP contribution in [0.2, 0.25) is 0 Å². The molecule has 2 aliphatic rings. The molecule has 10 heteroatoms. The second kappa shape index (κ2) is 21.0. The largest absolute Gasteiger partial charge is 0.697 e. The molecule has 0 saturated heterocycles. The Morgan fingerprint density at radius 3 is 0.938 bits per heavy atom. The Kier molecular flexibility index (Phi) is 16.4. The van der Waals surface area contributed by atoms with Gasteiger partial charge in [0.2, 0.25) is 0 Å². The first kappa shape index (κ1) is 37.6. The van der Waals surface area contributed by atoms with Crippen molar-refractivity contribution in [3.63, 3.8) is 0 Å². The van der Waals surface area contributed by atoms with Crippen molar-refractivity contribution < 1.29 is 32.8 Å². The lowest BCUT2D eigenvalue weighted by molar-refractivity contribution is 0.0636. The number of rotatable bonds is 26. The summed E-state index contributed by atoms with van der Waals surface area (Å²) in [6, 6.07) is 14.1. The van der Waals surface area contributed by atoms with Gasteiger partial charge in [-0.2, -0.15) is 0 Å². The Bertz CT molecular complexity index is 1210. The summed E-state index contributed by atoms with van der Waals surface area (Å²) in [6.45, 7) is 1.92. The van der Waals surface area contributed by atoms with Crippen molar-refractivity contribution in [3.8, 4) is 0 Å². The number of fused-ring (bicyclic) bond motifs is 2. The zero-order valence-corrected chi connectivity index (χ0v) is 29.3. The quantitative estimate of drug-likeness (QED) is 0.0554. The van der Waals surface area contributed by atoms with Gasteiger partial charge in [0, 0.05) is 17.7 Å². The normalized spacial score (nSPS) is 13.9. The van der Waals surface area contributed by atoms with E-state index in [9.17, 15) is 23.7 Å². The maximum absolute atomic E-state index is 12.4. The molecule has 0 spiro atoms. The molecular formula is C38H52N2O7P+. The molecule has 0 unspecified atom stereocenters. The van der Waals surface area contributed by atoms with Crippen molar-refractivity contribution in [2.75, 3.05) is 26.3 Å². The smallest absolute Gasteiger partial charge is 0.274 e. The summed E-state index contributed by atoms with van der Waals surface area (Å²) in [6.07, 6.45) is 19.0. The van der Waals surface area contributed by atoms with E-state index < -0.39 is 8.25 Å². The van der Waals surface area contributed by atoms with E-state index in [0.717, 1.165) is 89.9 Å². The second-order valence-electron chi connectivity index (χ2n) is 12.9. The van der Waals surface area contributed by atoms with Gasteiger partial charge in [-0.25, -0.2) is 0 Å². The highest BCUT2D eigenvalue weighted by Gasteiger charge is 2.35. The van der Waals surface area contributed by atoms with Crippen LogP contribution in [0.1, 0.15) is 157 Å². The number of benzene rings is 2. The first-order chi connectivity index (χ1) is 23.5. The number of carbonyl (C=O) groups is 4. The maximum Gasteiger partial charge on any atom is 0.697 e. The molecule has 2 aliphatic heterocycles. The highest BCUT2D eigenvalue weighted by atomic mass is 31.1. The highest BCUT2D eigenvalue weighted by Crippen LogP contribution is 2.26. The molecule has 0 atom stereocenters. The van der Waals surface area contributed by atoms with Crippen LogP contribution in [0.25, 0.3) is 0 Å². The SMILES string of the molecule is O=C1c2ccccc2C(=O)N1CCCCCCCCCCCO[P+](=O)OCCCCCCCCCCCN1C(=O)c2ccccc2C1=O. The van der Waals surface area contributed by atoms with E-state index in [-0.39, 0.29) is 23.6 Å². The van der Waals surface area contributed by atoms with Crippen LogP contribution in [0.3, 0.4) is 0 Å². The van der Waals surface area contributed by atoms with Crippen LogP contribution in [0.15, 0.2) is 48.5 Å². The Balaban J connectivity index is 0.844. The van der Waals surface area contributed by atoms with Gasteiger partial charge in [0.05, 0.1) is 22.3 Å². The number of hydrogen-bond donors (Lipinski definition) is 0. The minimum Gasteiger partial charge on any atom is -0.274 e. The predicted octanol–water partition coefficient (Wildman–Crippen LogP) is 9.29.